The number of nitrogens with zero attached hydrogens (tertiary/aromatic N) is 2. The van der Waals surface area contributed by atoms with E-state index in [0.717, 1.165) is 22.8 Å². The predicted molar refractivity (Wildman–Crippen MR) is 106 cm³/mol. The van der Waals surface area contributed by atoms with Crippen LogP contribution in [0.5, 0.6) is 0 Å². The van der Waals surface area contributed by atoms with E-state index in [-0.39, 0.29) is 18.3 Å². The smallest absolute Gasteiger partial charge is 0.307 e. The number of amides is 1. The van der Waals surface area contributed by atoms with Crippen LogP contribution in [0.4, 0.5) is 0 Å². The molecule has 5 nitrogen and oxygen atoms in total. The van der Waals surface area contributed by atoms with E-state index in [1.54, 1.807) is 30.0 Å². The number of thiazole rings is 1. The summed E-state index contributed by atoms with van der Waals surface area (Å²) in [5, 5.41) is 1.05. The molecule has 140 valence electrons. The van der Waals surface area contributed by atoms with E-state index in [9.17, 15) is 9.59 Å². The van der Waals surface area contributed by atoms with Crippen LogP contribution in [0.25, 0.3) is 10.2 Å². The topological polar surface area (TPSA) is 59.5 Å². The van der Waals surface area contributed by atoms with Crippen LogP contribution in [0.15, 0.2) is 24.3 Å². The Hall–Kier alpha value is -1.60. The number of ether oxygens (including phenoxy) is 1. The molecule has 0 atom stereocenters. The summed E-state index contributed by atoms with van der Waals surface area (Å²) < 4.78 is 6.15. The summed E-state index contributed by atoms with van der Waals surface area (Å²) in [6.45, 7) is 3.40. The van der Waals surface area contributed by atoms with Gasteiger partial charge in [-0.3, -0.25) is 9.59 Å². The molecule has 7 heteroatoms. The molecule has 0 N–H and O–H groups in total. The second-order valence-electron chi connectivity index (χ2n) is 6.41. The maximum absolute atomic E-state index is 12.6. The van der Waals surface area contributed by atoms with Gasteiger partial charge in [-0.25, -0.2) is 4.98 Å². The molecule has 1 aliphatic rings. The van der Waals surface area contributed by atoms with Gasteiger partial charge in [0.25, 0.3) is 0 Å². The summed E-state index contributed by atoms with van der Waals surface area (Å²) >= 11 is 3.27. The molecular weight excluding hydrogens is 368 g/mol. The van der Waals surface area contributed by atoms with Crippen LogP contribution in [0.2, 0.25) is 0 Å². The second kappa shape index (κ2) is 9.37. The number of rotatable bonds is 10. The summed E-state index contributed by atoms with van der Waals surface area (Å²) in [4.78, 5) is 30.6. The van der Waals surface area contributed by atoms with Crippen LogP contribution in [0.1, 0.15) is 31.2 Å². The molecule has 0 saturated heterocycles. The molecule has 1 aromatic carbocycles. The first-order chi connectivity index (χ1) is 12.7. The van der Waals surface area contributed by atoms with E-state index in [1.165, 1.54) is 17.5 Å². The van der Waals surface area contributed by atoms with Gasteiger partial charge in [-0.2, -0.15) is 0 Å². The van der Waals surface area contributed by atoms with Crippen molar-refractivity contribution in [2.45, 2.75) is 31.9 Å². The van der Waals surface area contributed by atoms with Crippen molar-refractivity contribution >= 4 is 45.2 Å². The molecule has 0 bridgehead atoms. The molecule has 0 unspecified atom stereocenters. The number of thioether (sulfide) groups is 1. The minimum Gasteiger partial charge on any atom is -0.466 e. The van der Waals surface area contributed by atoms with E-state index in [2.05, 4.69) is 11.1 Å². The SMILES string of the molecule is CCOC(=O)CCN(CC1CC1)C(=O)CSCc1nc2ccccc2s1. The number of carbonyl (C=O) groups is 2. The Labute approximate surface area is 162 Å². The normalized spacial score (nSPS) is 13.7. The van der Waals surface area contributed by atoms with Gasteiger partial charge in [0.05, 0.1) is 29.0 Å². The van der Waals surface area contributed by atoms with Gasteiger partial charge in [0.2, 0.25) is 5.91 Å². The van der Waals surface area contributed by atoms with Crippen LogP contribution in [-0.2, 0) is 20.1 Å². The highest BCUT2D eigenvalue weighted by Gasteiger charge is 2.27. The Morgan fingerprint density at radius 3 is 2.88 bits per heavy atom. The van der Waals surface area contributed by atoms with Crippen LogP contribution >= 0.6 is 23.1 Å². The van der Waals surface area contributed by atoms with Gasteiger partial charge < -0.3 is 9.64 Å². The number of hydrogen-bond acceptors (Lipinski definition) is 6. The molecule has 0 radical (unpaired) electrons. The number of esters is 1. The zero-order valence-corrected chi connectivity index (χ0v) is 16.6. The quantitative estimate of drug-likeness (QED) is 0.577. The maximum Gasteiger partial charge on any atom is 0.307 e. The summed E-state index contributed by atoms with van der Waals surface area (Å²) in [5.41, 5.74) is 1.02. The molecule has 0 aliphatic heterocycles. The summed E-state index contributed by atoms with van der Waals surface area (Å²) in [6.07, 6.45) is 2.64. The van der Waals surface area contributed by atoms with E-state index in [4.69, 9.17) is 4.74 Å². The van der Waals surface area contributed by atoms with E-state index in [1.807, 2.05) is 23.1 Å². The van der Waals surface area contributed by atoms with Crippen molar-refractivity contribution in [3.8, 4) is 0 Å². The van der Waals surface area contributed by atoms with Crippen molar-refractivity contribution in [3.63, 3.8) is 0 Å². The van der Waals surface area contributed by atoms with Crippen LogP contribution in [0.3, 0.4) is 0 Å². The standard InChI is InChI=1S/C19H24N2O3S2/c1-2-24-19(23)9-10-21(11-14-7-8-14)18(22)13-25-12-17-20-15-5-3-4-6-16(15)26-17/h3-6,14H,2,7-13H2,1H3. The number of hydrogen-bond donors (Lipinski definition) is 0. The van der Waals surface area contributed by atoms with Crippen LogP contribution in [-0.4, -0.2) is 47.2 Å². The average Bonchev–Trinajstić information content (AvgIpc) is 3.35. The van der Waals surface area contributed by atoms with E-state index in [0.29, 0.717) is 24.8 Å². The Bertz CT molecular complexity index is 725. The van der Waals surface area contributed by atoms with Crippen molar-refractivity contribution in [3.05, 3.63) is 29.3 Å². The average molecular weight is 393 g/mol. The zero-order chi connectivity index (χ0) is 18.4. The van der Waals surface area contributed by atoms with Crippen LogP contribution in [0, 0.1) is 5.92 Å². The van der Waals surface area contributed by atoms with Gasteiger partial charge >= 0.3 is 5.97 Å². The fraction of sp³-hybridized carbons (Fsp3) is 0.526. The van der Waals surface area contributed by atoms with Gasteiger partial charge in [-0.15, -0.1) is 23.1 Å². The molecule has 2 aromatic rings. The minimum absolute atomic E-state index is 0.104. The van der Waals surface area contributed by atoms with Crippen molar-refractivity contribution in [1.82, 2.24) is 9.88 Å². The zero-order valence-electron chi connectivity index (χ0n) is 15.0. The first-order valence-electron chi connectivity index (χ1n) is 9.01. The summed E-state index contributed by atoms with van der Waals surface area (Å²) in [6, 6.07) is 8.08. The molecule has 26 heavy (non-hydrogen) atoms. The van der Waals surface area contributed by atoms with Crippen molar-refractivity contribution in [1.29, 1.82) is 0 Å². The van der Waals surface area contributed by atoms with Crippen molar-refractivity contribution in [2.24, 2.45) is 5.92 Å². The fourth-order valence-electron chi connectivity index (χ4n) is 2.69. The van der Waals surface area contributed by atoms with Gasteiger partial charge in [0.1, 0.15) is 5.01 Å². The third kappa shape index (κ3) is 5.71. The third-order valence-corrected chi connectivity index (χ3v) is 6.36. The van der Waals surface area contributed by atoms with E-state index >= 15 is 0 Å². The molecule has 3 rings (SSSR count). The molecule has 1 saturated carbocycles. The lowest BCUT2D eigenvalue weighted by Crippen LogP contribution is -2.36. The molecule has 1 heterocycles. The number of carbonyl (C=O) groups excluding carboxylic acids is 2. The summed E-state index contributed by atoms with van der Waals surface area (Å²) in [5.74, 6) is 1.64. The Kier molecular flexibility index (Phi) is 6.91. The number of aromatic nitrogens is 1. The first kappa shape index (κ1) is 19.2. The van der Waals surface area contributed by atoms with E-state index < -0.39 is 0 Å². The molecule has 1 amide bonds. The highest BCUT2D eigenvalue weighted by Crippen LogP contribution is 2.30. The van der Waals surface area contributed by atoms with Gasteiger partial charge in [0.15, 0.2) is 0 Å². The predicted octanol–water partition coefficient (Wildman–Crippen LogP) is 3.72. The molecule has 0 spiro atoms. The van der Waals surface area contributed by atoms with Crippen molar-refractivity contribution in [2.75, 3.05) is 25.4 Å². The largest absolute Gasteiger partial charge is 0.466 e. The molecular formula is C19H24N2O3S2. The Balaban J connectivity index is 1.47. The van der Waals surface area contributed by atoms with Gasteiger partial charge in [-0.05, 0) is 37.8 Å². The van der Waals surface area contributed by atoms with Gasteiger partial charge in [0, 0.05) is 18.8 Å². The number of benzene rings is 1. The lowest BCUT2D eigenvalue weighted by atomic mass is 10.3. The monoisotopic (exact) mass is 392 g/mol. The van der Waals surface area contributed by atoms with Gasteiger partial charge in [-0.1, -0.05) is 12.1 Å². The molecule has 1 aliphatic carbocycles. The minimum atomic E-state index is -0.233. The third-order valence-electron chi connectivity index (χ3n) is 4.21. The maximum atomic E-state index is 12.6. The summed E-state index contributed by atoms with van der Waals surface area (Å²) in [7, 11) is 0. The van der Waals surface area contributed by atoms with Crippen LogP contribution < -0.4 is 0 Å². The Morgan fingerprint density at radius 2 is 2.15 bits per heavy atom. The Morgan fingerprint density at radius 1 is 1.35 bits per heavy atom. The highest BCUT2D eigenvalue weighted by molar-refractivity contribution is 7.99. The fourth-order valence-corrected chi connectivity index (χ4v) is 4.63. The highest BCUT2D eigenvalue weighted by atomic mass is 32.2. The first-order valence-corrected chi connectivity index (χ1v) is 11.0. The molecule has 1 fully saturated rings. The number of fused-ring (bicyclic) bond motifs is 1. The second-order valence-corrected chi connectivity index (χ2v) is 8.51. The van der Waals surface area contributed by atoms with Crippen molar-refractivity contribution < 1.29 is 14.3 Å². The lowest BCUT2D eigenvalue weighted by molar-refractivity contribution is -0.144. The lowest BCUT2D eigenvalue weighted by Gasteiger charge is -2.22. The number of para-hydroxylation sites is 1. The molecule has 1 aromatic heterocycles.